The highest BCUT2D eigenvalue weighted by Gasteiger charge is 2.20. The van der Waals surface area contributed by atoms with Gasteiger partial charge in [-0.25, -0.2) is 14.4 Å². The zero-order chi connectivity index (χ0) is 26.4. The zero-order valence-electron chi connectivity index (χ0n) is 20.2. The molecular formula is C28H24N2O7. The Labute approximate surface area is 212 Å². The molecule has 4 aromatic rings. The number of phenolic OH excluding ortho intramolecular Hbond substituents is 1. The maximum atomic E-state index is 12.7. The Hall–Kier alpha value is -4.92. The van der Waals surface area contributed by atoms with Gasteiger partial charge in [0.05, 0.1) is 30.0 Å². The molecule has 0 amide bonds. The molecule has 188 valence electrons. The number of aromatic hydroxyl groups is 1. The Balaban J connectivity index is 1.72. The smallest absolute Gasteiger partial charge is 0.347 e. The van der Waals surface area contributed by atoms with Gasteiger partial charge in [-0.15, -0.1) is 0 Å². The van der Waals surface area contributed by atoms with E-state index in [0.717, 1.165) is 0 Å². The molecule has 37 heavy (non-hydrogen) atoms. The van der Waals surface area contributed by atoms with E-state index in [9.17, 15) is 19.5 Å². The average molecular weight is 501 g/mol. The standard InChI is InChI=1S/C28H24N2O7/c1-3-35-26(32)17-10-13-23-21(14-17)25(22(16-29-23)27(33)36-4-2)30-18-11-12-20(24(31)15-18)28(34)37-19-8-6-5-7-9-19/h5-16,31H,3-4H2,1-2H3,(H,29,30). The Bertz CT molecular complexity index is 1460. The summed E-state index contributed by atoms with van der Waals surface area (Å²) >= 11 is 0. The van der Waals surface area contributed by atoms with E-state index in [1.807, 2.05) is 0 Å². The summed E-state index contributed by atoms with van der Waals surface area (Å²) < 4.78 is 15.6. The van der Waals surface area contributed by atoms with Crippen LogP contribution in [-0.4, -0.2) is 41.2 Å². The summed E-state index contributed by atoms with van der Waals surface area (Å²) in [4.78, 5) is 41.9. The van der Waals surface area contributed by atoms with Gasteiger partial charge in [0, 0.05) is 23.3 Å². The number of nitrogens with one attached hydrogen (secondary N) is 1. The summed E-state index contributed by atoms with van der Waals surface area (Å²) in [6, 6.07) is 17.6. The normalized spacial score (nSPS) is 10.5. The van der Waals surface area contributed by atoms with E-state index in [4.69, 9.17) is 14.2 Å². The Morgan fingerprint density at radius 3 is 2.27 bits per heavy atom. The van der Waals surface area contributed by atoms with Crippen LogP contribution in [0, 0.1) is 0 Å². The third-order valence-corrected chi connectivity index (χ3v) is 5.32. The number of carbonyl (C=O) groups excluding carboxylic acids is 3. The van der Waals surface area contributed by atoms with E-state index in [0.29, 0.717) is 28.0 Å². The van der Waals surface area contributed by atoms with Gasteiger partial charge in [-0.05, 0) is 56.3 Å². The van der Waals surface area contributed by atoms with Crippen molar-refractivity contribution >= 4 is 40.2 Å². The number of carbonyl (C=O) groups is 3. The van der Waals surface area contributed by atoms with Gasteiger partial charge in [0.2, 0.25) is 0 Å². The monoisotopic (exact) mass is 500 g/mol. The minimum Gasteiger partial charge on any atom is -0.507 e. The van der Waals surface area contributed by atoms with Crippen molar-refractivity contribution in [2.75, 3.05) is 18.5 Å². The second-order valence-corrected chi connectivity index (χ2v) is 7.78. The molecular weight excluding hydrogens is 476 g/mol. The highest BCUT2D eigenvalue weighted by molar-refractivity contribution is 6.08. The van der Waals surface area contributed by atoms with Gasteiger partial charge in [0.1, 0.15) is 22.6 Å². The molecule has 0 saturated carbocycles. The highest BCUT2D eigenvalue weighted by Crippen LogP contribution is 2.33. The van der Waals surface area contributed by atoms with Crippen LogP contribution >= 0.6 is 0 Å². The molecule has 0 bridgehead atoms. The van der Waals surface area contributed by atoms with Crippen LogP contribution in [0.3, 0.4) is 0 Å². The van der Waals surface area contributed by atoms with E-state index in [-0.39, 0.29) is 35.7 Å². The van der Waals surface area contributed by atoms with Crippen LogP contribution in [0.4, 0.5) is 11.4 Å². The third-order valence-electron chi connectivity index (χ3n) is 5.32. The molecule has 0 radical (unpaired) electrons. The maximum absolute atomic E-state index is 12.7. The molecule has 0 fully saturated rings. The van der Waals surface area contributed by atoms with Crippen molar-refractivity contribution in [2.24, 2.45) is 0 Å². The molecule has 9 nitrogen and oxygen atoms in total. The summed E-state index contributed by atoms with van der Waals surface area (Å²) in [6.07, 6.45) is 1.37. The number of anilines is 2. The number of hydrogen-bond donors (Lipinski definition) is 2. The predicted molar refractivity (Wildman–Crippen MR) is 136 cm³/mol. The van der Waals surface area contributed by atoms with E-state index >= 15 is 0 Å². The quantitative estimate of drug-likeness (QED) is 0.246. The van der Waals surface area contributed by atoms with Crippen molar-refractivity contribution in [3.05, 3.63) is 89.6 Å². The largest absolute Gasteiger partial charge is 0.507 e. The molecule has 0 saturated heterocycles. The van der Waals surface area contributed by atoms with Crippen molar-refractivity contribution < 1.29 is 33.7 Å². The zero-order valence-corrected chi connectivity index (χ0v) is 20.2. The Morgan fingerprint density at radius 1 is 0.838 bits per heavy atom. The first kappa shape index (κ1) is 25.2. The van der Waals surface area contributed by atoms with Gasteiger partial charge in [-0.2, -0.15) is 0 Å². The van der Waals surface area contributed by atoms with E-state index in [1.54, 1.807) is 68.4 Å². The molecule has 9 heteroatoms. The molecule has 0 aliphatic rings. The summed E-state index contributed by atoms with van der Waals surface area (Å²) in [5.74, 6) is -1.84. The van der Waals surface area contributed by atoms with Crippen LogP contribution in [0.5, 0.6) is 11.5 Å². The van der Waals surface area contributed by atoms with Gasteiger partial charge in [0.15, 0.2) is 0 Å². The van der Waals surface area contributed by atoms with Gasteiger partial charge < -0.3 is 24.6 Å². The number of pyridine rings is 1. The molecule has 0 spiro atoms. The summed E-state index contributed by atoms with van der Waals surface area (Å²) in [5, 5.41) is 14.1. The van der Waals surface area contributed by atoms with Gasteiger partial charge in [-0.3, -0.25) is 4.98 Å². The maximum Gasteiger partial charge on any atom is 0.347 e. The lowest BCUT2D eigenvalue weighted by Gasteiger charge is -2.15. The highest BCUT2D eigenvalue weighted by atomic mass is 16.5. The Morgan fingerprint density at radius 2 is 1.57 bits per heavy atom. The first-order valence-electron chi connectivity index (χ1n) is 11.6. The molecule has 0 atom stereocenters. The van der Waals surface area contributed by atoms with Gasteiger partial charge in [0.25, 0.3) is 0 Å². The number of nitrogens with zero attached hydrogens (tertiary/aromatic N) is 1. The van der Waals surface area contributed by atoms with Crippen LogP contribution < -0.4 is 10.1 Å². The number of phenols is 1. The number of para-hydroxylation sites is 1. The second kappa shape index (κ2) is 11.2. The van der Waals surface area contributed by atoms with Gasteiger partial charge in [-0.1, -0.05) is 18.2 Å². The SMILES string of the molecule is CCOC(=O)c1ccc2ncc(C(=O)OCC)c(Nc3ccc(C(=O)Oc4ccccc4)c(O)c3)c2c1. The van der Waals surface area contributed by atoms with Crippen molar-refractivity contribution in [3.63, 3.8) is 0 Å². The molecule has 0 unspecified atom stereocenters. The lowest BCUT2D eigenvalue weighted by molar-refractivity contribution is 0.0518. The van der Waals surface area contributed by atoms with Crippen molar-refractivity contribution in [3.8, 4) is 11.5 Å². The Kier molecular flexibility index (Phi) is 7.63. The minimum absolute atomic E-state index is 0.0378. The van der Waals surface area contributed by atoms with Crippen LogP contribution in [0.25, 0.3) is 10.9 Å². The molecule has 1 aromatic heterocycles. The lowest BCUT2D eigenvalue weighted by Crippen LogP contribution is -2.11. The summed E-state index contributed by atoms with van der Waals surface area (Å²) in [7, 11) is 0. The average Bonchev–Trinajstić information content (AvgIpc) is 2.89. The molecule has 0 aliphatic heterocycles. The topological polar surface area (TPSA) is 124 Å². The molecule has 3 aromatic carbocycles. The fourth-order valence-electron chi connectivity index (χ4n) is 3.61. The number of hydrogen-bond acceptors (Lipinski definition) is 9. The van der Waals surface area contributed by atoms with Crippen LogP contribution in [0.1, 0.15) is 44.9 Å². The van der Waals surface area contributed by atoms with Crippen molar-refractivity contribution in [1.29, 1.82) is 0 Å². The lowest BCUT2D eigenvalue weighted by atomic mass is 10.1. The predicted octanol–water partition coefficient (Wildman–Crippen LogP) is 5.26. The second-order valence-electron chi connectivity index (χ2n) is 7.78. The van der Waals surface area contributed by atoms with Crippen molar-refractivity contribution in [1.82, 2.24) is 4.98 Å². The molecule has 1 heterocycles. The number of esters is 3. The first-order valence-corrected chi connectivity index (χ1v) is 11.6. The number of rotatable bonds is 8. The van der Waals surface area contributed by atoms with Gasteiger partial charge >= 0.3 is 17.9 Å². The molecule has 4 rings (SSSR count). The van der Waals surface area contributed by atoms with Crippen molar-refractivity contribution in [2.45, 2.75) is 13.8 Å². The fraction of sp³-hybridized carbons (Fsp3) is 0.143. The fourth-order valence-corrected chi connectivity index (χ4v) is 3.61. The summed E-state index contributed by atoms with van der Waals surface area (Å²) in [5.41, 5.74) is 1.56. The van der Waals surface area contributed by atoms with E-state index < -0.39 is 17.9 Å². The molecule has 2 N–H and O–H groups in total. The summed E-state index contributed by atoms with van der Waals surface area (Å²) in [6.45, 7) is 3.75. The number of ether oxygens (including phenoxy) is 3. The number of aromatic nitrogens is 1. The van der Waals surface area contributed by atoms with E-state index in [1.165, 1.54) is 18.3 Å². The van der Waals surface area contributed by atoms with E-state index in [2.05, 4.69) is 10.3 Å². The first-order chi connectivity index (χ1) is 17.9. The van der Waals surface area contributed by atoms with Crippen LogP contribution in [-0.2, 0) is 9.47 Å². The number of benzene rings is 3. The van der Waals surface area contributed by atoms with Crippen LogP contribution in [0.15, 0.2) is 72.9 Å². The number of fused-ring (bicyclic) bond motifs is 1. The van der Waals surface area contributed by atoms with Crippen LogP contribution in [0.2, 0.25) is 0 Å². The third kappa shape index (κ3) is 5.67. The molecule has 0 aliphatic carbocycles. The minimum atomic E-state index is -0.726.